The highest BCUT2D eigenvalue weighted by Gasteiger charge is 2.26. The van der Waals surface area contributed by atoms with E-state index in [1.54, 1.807) is 0 Å². The second-order valence-corrected chi connectivity index (χ2v) is 8.20. The largest absolute Gasteiger partial charge is 0.444 e. The zero-order valence-corrected chi connectivity index (χ0v) is 16.0. The van der Waals surface area contributed by atoms with Gasteiger partial charge in [0.25, 0.3) is 0 Å². The van der Waals surface area contributed by atoms with E-state index in [-0.39, 0.29) is 6.09 Å². The summed E-state index contributed by atoms with van der Waals surface area (Å²) in [6, 6.07) is 7.35. The average Bonchev–Trinajstić information content (AvgIpc) is 2.54. The Labute approximate surface area is 151 Å². The normalized spacial score (nSPS) is 21.8. The van der Waals surface area contributed by atoms with Gasteiger partial charge in [-0.25, -0.2) is 4.79 Å². The molecule has 0 aliphatic carbocycles. The number of carbonyl (C=O) groups excluding carboxylic acids is 1. The zero-order valence-electron chi connectivity index (χ0n) is 16.0. The molecule has 1 N–H and O–H groups in total. The van der Waals surface area contributed by atoms with Gasteiger partial charge in [-0.05, 0) is 57.4 Å². The molecule has 5 nitrogen and oxygen atoms in total. The number of benzene rings is 1. The first kappa shape index (κ1) is 18.2. The molecule has 0 aromatic heterocycles. The third-order valence-corrected chi connectivity index (χ3v) is 4.95. The Kier molecular flexibility index (Phi) is 5.35. The van der Waals surface area contributed by atoms with Crippen molar-refractivity contribution in [2.45, 2.75) is 52.3 Å². The van der Waals surface area contributed by atoms with Gasteiger partial charge in [0.15, 0.2) is 0 Å². The molecule has 0 radical (unpaired) electrons. The molecule has 5 heteroatoms. The third kappa shape index (κ3) is 4.73. The number of fused-ring (bicyclic) bond motifs is 1. The second-order valence-electron chi connectivity index (χ2n) is 8.20. The summed E-state index contributed by atoms with van der Waals surface area (Å²) in [6.45, 7) is 13.2. The van der Waals surface area contributed by atoms with Crippen molar-refractivity contribution in [1.82, 2.24) is 15.1 Å². The molecular formula is C20H31N3O2. The molecule has 25 heavy (non-hydrogen) atoms. The van der Waals surface area contributed by atoms with E-state index >= 15 is 0 Å². The maximum absolute atomic E-state index is 12.1. The van der Waals surface area contributed by atoms with Gasteiger partial charge < -0.3 is 15.0 Å². The van der Waals surface area contributed by atoms with Gasteiger partial charge >= 0.3 is 6.09 Å². The summed E-state index contributed by atoms with van der Waals surface area (Å²) in [6.07, 6.45) is 0.919. The Morgan fingerprint density at radius 2 is 1.96 bits per heavy atom. The minimum absolute atomic E-state index is 0.192. The Balaban J connectivity index is 1.53. The predicted molar refractivity (Wildman–Crippen MR) is 99.6 cm³/mol. The molecule has 3 rings (SSSR count). The summed E-state index contributed by atoms with van der Waals surface area (Å²) in [7, 11) is 0. The van der Waals surface area contributed by atoms with Crippen LogP contribution in [0.1, 0.15) is 50.4 Å². The third-order valence-electron chi connectivity index (χ3n) is 4.95. The van der Waals surface area contributed by atoms with Crippen molar-refractivity contribution < 1.29 is 9.53 Å². The number of hydrogen-bond donors (Lipinski definition) is 1. The molecule has 1 amide bonds. The number of hydrogen-bond acceptors (Lipinski definition) is 4. The Hall–Kier alpha value is -1.59. The van der Waals surface area contributed by atoms with E-state index in [1.807, 2.05) is 25.7 Å². The standard InChI is InChI=1S/C20H31N3O2/c1-15-18-6-5-16(13-17(18)7-8-21-15)14-22-9-11-23(12-10-22)19(24)25-20(2,3)4/h5-6,13,15,21H,7-12,14H2,1-4H3. The van der Waals surface area contributed by atoms with Gasteiger partial charge in [-0.3, -0.25) is 4.90 Å². The quantitative estimate of drug-likeness (QED) is 0.895. The highest BCUT2D eigenvalue weighted by molar-refractivity contribution is 5.68. The van der Waals surface area contributed by atoms with Crippen LogP contribution in [0.5, 0.6) is 0 Å². The lowest BCUT2D eigenvalue weighted by atomic mass is 9.93. The van der Waals surface area contributed by atoms with Crippen LogP contribution < -0.4 is 5.32 Å². The molecule has 0 spiro atoms. The van der Waals surface area contributed by atoms with Crippen molar-refractivity contribution in [3.05, 3.63) is 34.9 Å². The van der Waals surface area contributed by atoms with Gasteiger partial charge in [0.2, 0.25) is 0 Å². The first-order valence-electron chi connectivity index (χ1n) is 9.37. The fourth-order valence-electron chi connectivity index (χ4n) is 3.60. The fourth-order valence-corrected chi connectivity index (χ4v) is 3.60. The molecule has 2 heterocycles. The van der Waals surface area contributed by atoms with E-state index in [4.69, 9.17) is 4.74 Å². The van der Waals surface area contributed by atoms with E-state index < -0.39 is 5.60 Å². The van der Waals surface area contributed by atoms with Crippen LogP contribution in [0.3, 0.4) is 0 Å². The number of rotatable bonds is 2. The monoisotopic (exact) mass is 345 g/mol. The molecule has 2 aliphatic heterocycles. The summed E-state index contributed by atoms with van der Waals surface area (Å²) in [5.41, 5.74) is 3.86. The van der Waals surface area contributed by atoms with E-state index in [1.165, 1.54) is 16.7 Å². The van der Waals surface area contributed by atoms with Gasteiger partial charge in [0.1, 0.15) is 5.60 Å². The molecule has 1 aromatic rings. The minimum Gasteiger partial charge on any atom is -0.444 e. The van der Waals surface area contributed by atoms with Crippen LogP contribution in [0.4, 0.5) is 4.79 Å². The van der Waals surface area contributed by atoms with Crippen molar-refractivity contribution in [1.29, 1.82) is 0 Å². The Bertz CT molecular complexity index is 616. The van der Waals surface area contributed by atoms with Crippen LogP contribution in [-0.2, 0) is 17.7 Å². The van der Waals surface area contributed by atoms with Crippen molar-refractivity contribution >= 4 is 6.09 Å². The van der Waals surface area contributed by atoms with E-state index in [0.717, 1.165) is 45.7 Å². The minimum atomic E-state index is -0.427. The van der Waals surface area contributed by atoms with Crippen molar-refractivity contribution in [3.63, 3.8) is 0 Å². The highest BCUT2D eigenvalue weighted by Crippen LogP contribution is 2.24. The molecule has 1 saturated heterocycles. The molecule has 2 aliphatic rings. The Morgan fingerprint density at radius 3 is 2.64 bits per heavy atom. The maximum Gasteiger partial charge on any atom is 0.410 e. The van der Waals surface area contributed by atoms with Crippen LogP contribution in [0.15, 0.2) is 18.2 Å². The summed E-state index contributed by atoms with van der Waals surface area (Å²) in [4.78, 5) is 16.4. The lowest BCUT2D eigenvalue weighted by Gasteiger charge is -2.35. The van der Waals surface area contributed by atoms with E-state index in [0.29, 0.717) is 6.04 Å². The molecular weight excluding hydrogens is 314 g/mol. The summed E-state index contributed by atoms with van der Waals surface area (Å²) < 4.78 is 5.47. The van der Waals surface area contributed by atoms with Gasteiger partial charge in [-0.2, -0.15) is 0 Å². The van der Waals surface area contributed by atoms with Crippen molar-refractivity contribution in [2.24, 2.45) is 0 Å². The Morgan fingerprint density at radius 1 is 1.24 bits per heavy atom. The van der Waals surface area contributed by atoms with E-state index in [2.05, 4.69) is 35.3 Å². The van der Waals surface area contributed by atoms with Gasteiger partial charge in [0, 0.05) is 38.8 Å². The molecule has 0 bridgehead atoms. The lowest BCUT2D eigenvalue weighted by Crippen LogP contribution is -2.49. The van der Waals surface area contributed by atoms with Crippen LogP contribution in [-0.4, -0.2) is 54.2 Å². The van der Waals surface area contributed by atoms with Crippen molar-refractivity contribution in [2.75, 3.05) is 32.7 Å². The average molecular weight is 345 g/mol. The summed E-state index contributed by atoms with van der Waals surface area (Å²) >= 11 is 0. The van der Waals surface area contributed by atoms with Crippen LogP contribution in [0, 0.1) is 0 Å². The van der Waals surface area contributed by atoms with E-state index in [9.17, 15) is 4.79 Å². The molecule has 0 saturated carbocycles. The number of amides is 1. The number of carbonyl (C=O) groups is 1. The lowest BCUT2D eigenvalue weighted by molar-refractivity contribution is 0.0139. The smallest absolute Gasteiger partial charge is 0.410 e. The molecule has 1 fully saturated rings. The molecule has 1 atom stereocenters. The number of nitrogens with one attached hydrogen (secondary N) is 1. The van der Waals surface area contributed by atoms with Gasteiger partial charge in [-0.1, -0.05) is 18.2 Å². The SMILES string of the molecule is CC1NCCc2cc(CN3CCN(C(=O)OC(C)(C)C)CC3)ccc21. The van der Waals surface area contributed by atoms with Gasteiger partial charge in [-0.15, -0.1) is 0 Å². The number of piperazine rings is 1. The maximum atomic E-state index is 12.1. The number of ether oxygens (including phenoxy) is 1. The van der Waals surface area contributed by atoms with Crippen LogP contribution in [0.25, 0.3) is 0 Å². The summed E-state index contributed by atoms with van der Waals surface area (Å²) in [5, 5.41) is 3.51. The fraction of sp³-hybridized carbons (Fsp3) is 0.650. The topological polar surface area (TPSA) is 44.8 Å². The molecule has 1 unspecified atom stereocenters. The first-order chi connectivity index (χ1) is 11.8. The van der Waals surface area contributed by atoms with Gasteiger partial charge in [0.05, 0.1) is 0 Å². The highest BCUT2D eigenvalue weighted by atomic mass is 16.6. The first-order valence-corrected chi connectivity index (χ1v) is 9.37. The summed E-state index contributed by atoms with van der Waals surface area (Å²) in [5.74, 6) is 0. The predicted octanol–water partition coefficient (Wildman–Crippen LogP) is 2.95. The molecule has 138 valence electrons. The number of nitrogens with zero attached hydrogens (tertiary/aromatic N) is 2. The van der Waals surface area contributed by atoms with Crippen LogP contribution in [0.2, 0.25) is 0 Å². The second kappa shape index (κ2) is 7.34. The van der Waals surface area contributed by atoms with Crippen molar-refractivity contribution in [3.8, 4) is 0 Å². The zero-order chi connectivity index (χ0) is 18.0. The van der Waals surface area contributed by atoms with Crippen LogP contribution >= 0.6 is 0 Å². The molecule has 1 aromatic carbocycles.